The van der Waals surface area contributed by atoms with Crippen molar-refractivity contribution < 1.29 is 9.53 Å². The standard InChI is InChI=1S/C19H24N4O2/c1-14-6-3-4-7-15(14)12-23(13-17-8-5-9-25-17)18(24)16-10-21-19(20-2)22-11-16/h3-4,6-7,10-11,17H,5,8-9,12-13H2,1-2H3,(H,20,21,22)/t17-/m1/s1. The van der Waals surface area contributed by atoms with Gasteiger partial charge >= 0.3 is 0 Å². The topological polar surface area (TPSA) is 67.4 Å². The monoisotopic (exact) mass is 340 g/mol. The maximum Gasteiger partial charge on any atom is 0.257 e. The summed E-state index contributed by atoms with van der Waals surface area (Å²) < 4.78 is 5.74. The van der Waals surface area contributed by atoms with Gasteiger partial charge in [0.25, 0.3) is 5.91 Å². The molecule has 1 aliphatic heterocycles. The molecule has 25 heavy (non-hydrogen) atoms. The molecular weight excluding hydrogens is 316 g/mol. The summed E-state index contributed by atoms with van der Waals surface area (Å²) >= 11 is 0. The number of rotatable bonds is 6. The van der Waals surface area contributed by atoms with Gasteiger partial charge in [-0.2, -0.15) is 0 Å². The molecule has 1 fully saturated rings. The molecule has 1 atom stereocenters. The number of hydrogen-bond donors (Lipinski definition) is 1. The van der Waals surface area contributed by atoms with Gasteiger partial charge in [0.2, 0.25) is 5.95 Å². The fraction of sp³-hybridized carbons (Fsp3) is 0.421. The van der Waals surface area contributed by atoms with Crippen LogP contribution in [-0.4, -0.2) is 47.1 Å². The zero-order valence-corrected chi connectivity index (χ0v) is 14.7. The molecule has 2 heterocycles. The number of aromatic nitrogens is 2. The molecule has 1 N–H and O–H groups in total. The van der Waals surface area contributed by atoms with Gasteiger partial charge < -0.3 is 15.0 Å². The highest BCUT2D eigenvalue weighted by molar-refractivity contribution is 5.93. The normalized spacial score (nSPS) is 16.6. The first-order chi connectivity index (χ1) is 12.2. The highest BCUT2D eigenvalue weighted by Gasteiger charge is 2.24. The molecule has 0 unspecified atom stereocenters. The molecule has 0 aliphatic carbocycles. The SMILES string of the molecule is CNc1ncc(C(=O)N(Cc2ccccc2C)C[C@H]2CCCO2)cn1. The number of hydrogen-bond acceptors (Lipinski definition) is 5. The summed E-state index contributed by atoms with van der Waals surface area (Å²) in [5.41, 5.74) is 2.81. The Morgan fingerprint density at radius 3 is 2.72 bits per heavy atom. The quantitative estimate of drug-likeness (QED) is 0.876. The first-order valence-corrected chi connectivity index (χ1v) is 8.62. The van der Waals surface area contributed by atoms with E-state index in [0.29, 0.717) is 24.6 Å². The summed E-state index contributed by atoms with van der Waals surface area (Å²) in [6.45, 7) is 3.98. The fourth-order valence-corrected chi connectivity index (χ4v) is 3.00. The highest BCUT2D eigenvalue weighted by atomic mass is 16.5. The number of carbonyl (C=O) groups excluding carboxylic acids is 1. The van der Waals surface area contributed by atoms with E-state index in [1.165, 1.54) is 5.56 Å². The van der Waals surface area contributed by atoms with Gasteiger partial charge in [-0.1, -0.05) is 24.3 Å². The predicted octanol–water partition coefficient (Wildman–Crippen LogP) is 2.65. The van der Waals surface area contributed by atoms with E-state index in [2.05, 4.69) is 34.3 Å². The second-order valence-corrected chi connectivity index (χ2v) is 6.29. The van der Waals surface area contributed by atoms with Gasteiger partial charge in [0, 0.05) is 39.1 Å². The number of aryl methyl sites for hydroxylation is 1. The van der Waals surface area contributed by atoms with Crippen molar-refractivity contribution in [2.75, 3.05) is 25.5 Å². The lowest BCUT2D eigenvalue weighted by molar-refractivity contribution is 0.0506. The molecule has 0 bridgehead atoms. The Hall–Kier alpha value is -2.47. The molecule has 0 radical (unpaired) electrons. The molecule has 1 amide bonds. The van der Waals surface area contributed by atoms with Crippen molar-refractivity contribution in [3.05, 3.63) is 53.3 Å². The van der Waals surface area contributed by atoms with Gasteiger partial charge in [-0.25, -0.2) is 9.97 Å². The van der Waals surface area contributed by atoms with Crippen molar-refractivity contribution in [2.45, 2.75) is 32.4 Å². The van der Waals surface area contributed by atoms with Crippen LogP contribution in [0, 0.1) is 6.92 Å². The summed E-state index contributed by atoms with van der Waals surface area (Å²) in [6, 6.07) is 8.14. The lowest BCUT2D eigenvalue weighted by Gasteiger charge is -2.26. The van der Waals surface area contributed by atoms with Gasteiger partial charge in [-0.15, -0.1) is 0 Å². The van der Waals surface area contributed by atoms with Crippen molar-refractivity contribution in [1.82, 2.24) is 14.9 Å². The summed E-state index contributed by atoms with van der Waals surface area (Å²) in [6.07, 6.45) is 5.29. The maximum absolute atomic E-state index is 13.0. The second kappa shape index (κ2) is 8.07. The number of nitrogens with one attached hydrogen (secondary N) is 1. The van der Waals surface area contributed by atoms with E-state index in [1.807, 2.05) is 17.0 Å². The molecule has 2 aromatic rings. The number of benzene rings is 1. The Kier molecular flexibility index (Phi) is 5.60. The molecule has 3 rings (SSSR count). The number of anilines is 1. The number of amides is 1. The Balaban J connectivity index is 1.81. The van der Waals surface area contributed by atoms with E-state index in [4.69, 9.17) is 4.74 Å². The van der Waals surface area contributed by atoms with E-state index >= 15 is 0 Å². The minimum absolute atomic E-state index is 0.0681. The second-order valence-electron chi connectivity index (χ2n) is 6.29. The number of carbonyl (C=O) groups is 1. The molecule has 1 aromatic heterocycles. The Labute approximate surface area is 148 Å². The molecule has 6 heteroatoms. The van der Waals surface area contributed by atoms with E-state index in [-0.39, 0.29) is 12.0 Å². The maximum atomic E-state index is 13.0. The average molecular weight is 340 g/mol. The van der Waals surface area contributed by atoms with E-state index in [0.717, 1.165) is 25.0 Å². The fourth-order valence-electron chi connectivity index (χ4n) is 3.00. The molecule has 1 saturated heterocycles. The summed E-state index contributed by atoms with van der Waals surface area (Å²) in [5, 5.41) is 2.86. The summed E-state index contributed by atoms with van der Waals surface area (Å²) in [7, 11) is 1.75. The lowest BCUT2D eigenvalue weighted by Crippen LogP contribution is -2.37. The first-order valence-electron chi connectivity index (χ1n) is 8.62. The van der Waals surface area contributed by atoms with Crippen LogP contribution in [0.3, 0.4) is 0 Å². The van der Waals surface area contributed by atoms with Crippen LogP contribution in [0.2, 0.25) is 0 Å². The van der Waals surface area contributed by atoms with Crippen LogP contribution in [0.15, 0.2) is 36.7 Å². The van der Waals surface area contributed by atoms with E-state index < -0.39 is 0 Å². The molecule has 132 valence electrons. The van der Waals surface area contributed by atoms with Crippen molar-refractivity contribution in [3.63, 3.8) is 0 Å². The zero-order chi connectivity index (χ0) is 17.6. The third-order valence-corrected chi connectivity index (χ3v) is 4.48. The van der Waals surface area contributed by atoms with E-state index in [9.17, 15) is 4.79 Å². The van der Waals surface area contributed by atoms with Crippen LogP contribution in [0.1, 0.15) is 34.3 Å². The first kappa shape index (κ1) is 17.4. The lowest BCUT2D eigenvalue weighted by atomic mass is 10.1. The molecule has 0 spiro atoms. The predicted molar refractivity (Wildman–Crippen MR) is 96.5 cm³/mol. The third kappa shape index (κ3) is 4.33. The molecule has 6 nitrogen and oxygen atoms in total. The van der Waals surface area contributed by atoms with Crippen molar-refractivity contribution >= 4 is 11.9 Å². The highest BCUT2D eigenvalue weighted by Crippen LogP contribution is 2.18. The van der Waals surface area contributed by atoms with Crippen LogP contribution in [0.5, 0.6) is 0 Å². The van der Waals surface area contributed by atoms with Gasteiger partial charge in [0.15, 0.2) is 0 Å². The molecule has 1 aromatic carbocycles. The van der Waals surface area contributed by atoms with Crippen LogP contribution in [0.4, 0.5) is 5.95 Å². The minimum Gasteiger partial charge on any atom is -0.376 e. The van der Waals surface area contributed by atoms with Crippen LogP contribution < -0.4 is 5.32 Å². The van der Waals surface area contributed by atoms with Gasteiger partial charge in [0.1, 0.15) is 0 Å². The molecule has 1 aliphatic rings. The zero-order valence-electron chi connectivity index (χ0n) is 14.7. The van der Waals surface area contributed by atoms with Gasteiger partial charge in [-0.05, 0) is 30.9 Å². The van der Waals surface area contributed by atoms with Gasteiger partial charge in [-0.3, -0.25) is 4.79 Å². The summed E-state index contributed by atoms with van der Waals surface area (Å²) in [4.78, 5) is 23.2. The van der Waals surface area contributed by atoms with Crippen LogP contribution in [0.25, 0.3) is 0 Å². The largest absolute Gasteiger partial charge is 0.376 e. The van der Waals surface area contributed by atoms with E-state index in [1.54, 1.807) is 19.4 Å². The van der Waals surface area contributed by atoms with Gasteiger partial charge in [0.05, 0.1) is 11.7 Å². The molecule has 0 saturated carbocycles. The Morgan fingerprint density at radius 2 is 2.08 bits per heavy atom. The van der Waals surface area contributed by atoms with Crippen molar-refractivity contribution in [1.29, 1.82) is 0 Å². The smallest absolute Gasteiger partial charge is 0.257 e. The Morgan fingerprint density at radius 1 is 1.32 bits per heavy atom. The average Bonchev–Trinajstić information content (AvgIpc) is 3.15. The Bertz CT molecular complexity index is 712. The molecular formula is C19H24N4O2. The third-order valence-electron chi connectivity index (χ3n) is 4.48. The number of nitrogens with zero attached hydrogens (tertiary/aromatic N) is 3. The van der Waals surface area contributed by atoms with Crippen molar-refractivity contribution in [2.24, 2.45) is 0 Å². The summed E-state index contributed by atoms with van der Waals surface area (Å²) in [5.74, 6) is 0.433. The van der Waals surface area contributed by atoms with Crippen LogP contribution >= 0.6 is 0 Å². The van der Waals surface area contributed by atoms with Crippen LogP contribution in [-0.2, 0) is 11.3 Å². The minimum atomic E-state index is -0.0681. The number of ether oxygens (including phenoxy) is 1. The van der Waals surface area contributed by atoms with Crippen molar-refractivity contribution in [3.8, 4) is 0 Å².